The second-order valence-electron chi connectivity index (χ2n) is 5.73. The van der Waals surface area contributed by atoms with Crippen LogP contribution in [-0.2, 0) is 0 Å². The largest absolute Gasteiger partial charge is 0.460 e. The molecular formula is C11H20F9N3Si. The number of hydrogen-bond donors (Lipinski definition) is 3. The predicted octanol–water partition coefficient (Wildman–Crippen LogP) is 3.61. The lowest BCUT2D eigenvalue weighted by Gasteiger charge is -2.33. The zero-order valence-corrected chi connectivity index (χ0v) is 13.6. The molecule has 0 fully saturated rings. The number of alkyl halides is 9. The maximum absolute atomic E-state index is 13.2. The van der Waals surface area contributed by atoms with Gasteiger partial charge in [0.05, 0.1) is 0 Å². The highest BCUT2D eigenvalue weighted by atomic mass is 28.4. The van der Waals surface area contributed by atoms with Crippen molar-refractivity contribution in [2.45, 2.75) is 68.5 Å². The fourth-order valence-electron chi connectivity index (χ4n) is 1.87. The standard InChI is InChI=1S/C11H20F9N3Si/c12-8(13,9(14,15)10(16,17)11(18,19)20)6-4-2-1-3-5-7-24(21,22)23/h1-7,21-23H2. The van der Waals surface area contributed by atoms with Crippen LogP contribution in [-0.4, -0.2) is 32.5 Å². The van der Waals surface area contributed by atoms with Crippen molar-refractivity contribution in [1.82, 2.24) is 0 Å². The number of nitrogens with two attached hydrogens (primary N) is 3. The molecule has 0 aliphatic rings. The van der Waals surface area contributed by atoms with Crippen molar-refractivity contribution < 1.29 is 39.5 Å². The molecule has 0 amide bonds. The SMILES string of the molecule is N[Si](N)(N)CCCCCCCC(F)(F)C(F)(F)C(F)(F)C(F)(F)F. The number of hydrogen-bond acceptors (Lipinski definition) is 3. The maximum atomic E-state index is 13.2. The normalized spacial score (nSPS) is 15.0. The van der Waals surface area contributed by atoms with E-state index in [1.54, 1.807) is 0 Å². The molecule has 24 heavy (non-hydrogen) atoms. The van der Waals surface area contributed by atoms with E-state index >= 15 is 0 Å². The van der Waals surface area contributed by atoms with Gasteiger partial charge in [0.2, 0.25) is 0 Å². The summed E-state index contributed by atoms with van der Waals surface area (Å²) in [5.41, 5.74) is 0. The van der Waals surface area contributed by atoms with Gasteiger partial charge >= 0.3 is 23.9 Å². The lowest BCUT2D eigenvalue weighted by Crippen LogP contribution is -2.64. The third-order valence-corrected chi connectivity index (χ3v) is 4.53. The monoisotopic (exact) mass is 393 g/mol. The van der Waals surface area contributed by atoms with E-state index in [4.69, 9.17) is 16.2 Å². The van der Waals surface area contributed by atoms with E-state index in [-0.39, 0.29) is 12.8 Å². The summed E-state index contributed by atoms with van der Waals surface area (Å²) in [7, 11) is -2.73. The lowest BCUT2D eigenvalue weighted by molar-refractivity contribution is -0.396. The molecule has 0 aromatic rings. The van der Waals surface area contributed by atoms with Crippen LogP contribution in [0.5, 0.6) is 0 Å². The van der Waals surface area contributed by atoms with E-state index in [1.165, 1.54) is 0 Å². The van der Waals surface area contributed by atoms with E-state index in [9.17, 15) is 39.5 Å². The lowest BCUT2D eigenvalue weighted by atomic mass is 9.98. The molecule has 0 saturated heterocycles. The third-order valence-electron chi connectivity index (χ3n) is 3.31. The highest BCUT2D eigenvalue weighted by Gasteiger charge is 2.81. The maximum Gasteiger partial charge on any atom is 0.460 e. The summed E-state index contributed by atoms with van der Waals surface area (Å²) in [4.78, 5) is 0. The summed E-state index contributed by atoms with van der Waals surface area (Å²) in [6, 6.07) is 0.346. The molecule has 0 bridgehead atoms. The van der Waals surface area contributed by atoms with Crippen LogP contribution in [0.15, 0.2) is 0 Å². The van der Waals surface area contributed by atoms with Gasteiger partial charge in [-0.05, 0) is 12.5 Å². The predicted molar refractivity (Wildman–Crippen MR) is 71.7 cm³/mol. The Labute approximate surface area is 134 Å². The second kappa shape index (κ2) is 7.79. The fourth-order valence-corrected chi connectivity index (χ4v) is 2.74. The Bertz CT molecular complexity index is 393. The van der Waals surface area contributed by atoms with E-state index in [0.29, 0.717) is 18.9 Å². The smallest absolute Gasteiger partial charge is 0.327 e. The average Bonchev–Trinajstić information content (AvgIpc) is 2.34. The molecule has 0 aliphatic heterocycles. The topological polar surface area (TPSA) is 78.1 Å². The molecule has 3 nitrogen and oxygen atoms in total. The van der Waals surface area contributed by atoms with Crippen LogP contribution < -0.4 is 16.2 Å². The number of halogens is 9. The van der Waals surface area contributed by atoms with Crippen molar-refractivity contribution in [3.05, 3.63) is 0 Å². The summed E-state index contributed by atoms with van der Waals surface area (Å²) in [6.07, 6.45) is -8.03. The Hall–Kier alpha value is -0.533. The molecule has 0 heterocycles. The second-order valence-corrected chi connectivity index (χ2v) is 8.46. The molecule has 0 radical (unpaired) electrons. The zero-order chi connectivity index (χ0) is 19.4. The highest BCUT2D eigenvalue weighted by Crippen LogP contribution is 2.54. The molecule has 0 aliphatic carbocycles. The first-order valence-corrected chi connectivity index (χ1v) is 9.46. The van der Waals surface area contributed by atoms with Crippen molar-refractivity contribution >= 4 is 8.56 Å². The summed E-state index contributed by atoms with van der Waals surface area (Å²) < 4.78 is 113. The minimum Gasteiger partial charge on any atom is -0.327 e. The van der Waals surface area contributed by atoms with Crippen LogP contribution >= 0.6 is 0 Å². The van der Waals surface area contributed by atoms with Gasteiger partial charge in [0.25, 0.3) is 8.56 Å². The summed E-state index contributed by atoms with van der Waals surface area (Å²) in [5.74, 6) is -18.8. The molecule has 0 spiro atoms. The third kappa shape index (κ3) is 6.08. The van der Waals surface area contributed by atoms with Crippen LogP contribution in [0.2, 0.25) is 6.04 Å². The van der Waals surface area contributed by atoms with Gasteiger partial charge in [-0.2, -0.15) is 39.5 Å². The average molecular weight is 393 g/mol. The Morgan fingerprint density at radius 2 is 1.00 bits per heavy atom. The van der Waals surface area contributed by atoms with Crippen LogP contribution in [0, 0.1) is 0 Å². The van der Waals surface area contributed by atoms with E-state index in [2.05, 4.69) is 0 Å². The molecule has 0 atom stereocenters. The number of rotatable bonds is 10. The summed E-state index contributed by atoms with van der Waals surface area (Å²) >= 11 is 0. The van der Waals surface area contributed by atoms with Gasteiger partial charge in [-0.3, -0.25) is 0 Å². The first-order chi connectivity index (χ1) is 10.5. The fraction of sp³-hybridized carbons (Fsp3) is 1.00. The molecular weight excluding hydrogens is 373 g/mol. The van der Waals surface area contributed by atoms with Crippen LogP contribution in [0.1, 0.15) is 38.5 Å². The van der Waals surface area contributed by atoms with Crippen molar-refractivity contribution in [2.75, 3.05) is 0 Å². The Morgan fingerprint density at radius 1 is 0.583 bits per heavy atom. The molecule has 0 rings (SSSR count). The van der Waals surface area contributed by atoms with Gasteiger partial charge in [0, 0.05) is 6.42 Å². The quantitative estimate of drug-likeness (QED) is 0.301. The van der Waals surface area contributed by atoms with E-state index < -0.39 is 45.3 Å². The first kappa shape index (κ1) is 23.5. The van der Waals surface area contributed by atoms with Crippen LogP contribution in [0.3, 0.4) is 0 Å². The molecule has 6 N–H and O–H groups in total. The highest BCUT2D eigenvalue weighted by molar-refractivity contribution is 6.70. The van der Waals surface area contributed by atoms with Gasteiger partial charge < -0.3 is 16.2 Å². The van der Waals surface area contributed by atoms with Gasteiger partial charge in [-0.1, -0.05) is 25.7 Å². The Kier molecular flexibility index (Phi) is 7.61. The van der Waals surface area contributed by atoms with Crippen molar-refractivity contribution in [1.29, 1.82) is 0 Å². The number of unbranched alkanes of at least 4 members (excludes halogenated alkanes) is 4. The Morgan fingerprint density at radius 3 is 1.42 bits per heavy atom. The van der Waals surface area contributed by atoms with Crippen LogP contribution in [0.4, 0.5) is 39.5 Å². The van der Waals surface area contributed by atoms with Crippen molar-refractivity contribution in [2.24, 2.45) is 16.2 Å². The van der Waals surface area contributed by atoms with Gasteiger partial charge in [0.1, 0.15) is 0 Å². The van der Waals surface area contributed by atoms with Gasteiger partial charge in [0.15, 0.2) is 0 Å². The van der Waals surface area contributed by atoms with E-state index in [0.717, 1.165) is 0 Å². The molecule has 0 saturated carbocycles. The molecule has 0 aromatic heterocycles. The van der Waals surface area contributed by atoms with Crippen LogP contribution in [0.25, 0.3) is 0 Å². The zero-order valence-electron chi connectivity index (χ0n) is 12.6. The minimum absolute atomic E-state index is 0.0441. The van der Waals surface area contributed by atoms with Gasteiger partial charge in [-0.15, -0.1) is 0 Å². The molecule has 0 unspecified atom stereocenters. The van der Waals surface area contributed by atoms with Crippen molar-refractivity contribution in [3.63, 3.8) is 0 Å². The summed E-state index contributed by atoms with van der Waals surface area (Å²) in [5, 5.41) is 16.2. The van der Waals surface area contributed by atoms with Crippen molar-refractivity contribution in [3.8, 4) is 0 Å². The summed E-state index contributed by atoms with van der Waals surface area (Å²) in [6.45, 7) is 0. The minimum atomic E-state index is -6.82. The van der Waals surface area contributed by atoms with Gasteiger partial charge in [-0.25, -0.2) is 0 Å². The molecule has 146 valence electrons. The first-order valence-electron chi connectivity index (χ1n) is 7.02. The Balaban J connectivity index is 4.44. The van der Waals surface area contributed by atoms with E-state index in [1.807, 2.05) is 0 Å². The molecule has 13 heteroatoms. The molecule has 0 aromatic carbocycles.